The molecular formula is C26H34N6O2. The van der Waals surface area contributed by atoms with E-state index < -0.39 is 0 Å². The molecule has 2 fully saturated rings. The average molecular weight is 463 g/mol. The van der Waals surface area contributed by atoms with E-state index in [1.54, 1.807) is 13.8 Å². The fourth-order valence-electron chi connectivity index (χ4n) is 4.15. The third kappa shape index (κ3) is 6.72. The van der Waals surface area contributed by atoms with E-state index in [9.17, 15) is 9.59 Å². The summed E-state index contributed by atoms with van der Waals surface area (Å²) in [5.41, 5.74) is 9.73. The number of nitrogens with two attached hydrogens (primary N) is 1. The van der Waals surface area contributed by atoms with Crippen LogP contribution in [-0.4, -0.2) is 74.0 Å². The van der Waals surface area contributed by atoms with Gasteiger partial charge >= 0.3 is 0 Å². The zero-order chi connectivity index (χ0) is 24.5. The summed E-state index contributed by atoms with van der Waals surface area (Å²) in [6, 6.07) is 18.0. The van der Waals surface area contributed by atoms with Crippen LogP contribution >= 0.6 is 0 Å². The minimum Gasteiger partial charge on any atom is -0.368 e. The predicted octanol–water partition coefficient (Wildman–Crippen LogP) is 2.04. The number of piperazine rings is 2. The van der Waals surface area contributed by atoms with Crippen LogP contribution in [0.2, 0.25) is 0 Å². The largest absolute Gasteiger partial charge is 0.368 e. The molecule has 2 saturated heterocycles. The molecule has 0 bridgehead atoms. The van der Waals surface area contributed by atoms with Gasteiger partial charge in [0.1, 0.15) is 0 Å². The van der Waals surface area contributed by atoms with Crippen LogP contribution in [0.3, 0.4) is 0 Å². The first-order valence-corrected chi connectivity index (χ1v) is 11.7. The van der Waals surface area contributed by atoms with Crippen LogP contribution in [0.4, 0.5) is 11.4 Å². The Hall–Kier alpha value is -3.57. The van der Waals surface area contributed by atoms with Gasteiger partial charge in [0.05, 0.1) is 11.6 Å². The van der Waals surface area contributed by atoms with Crippen molar-refractivity contribution < 1.29 is 9.59 Å². The maximum absolute atomic E-state index is 11.2. The second kappa shape index (κ2) is 12.1. The molecule has 2 aliphatic rings. The Balaban J connectivity index is 0.000000191. The summed E-state index contributed by atoms with van der Waals surface area (Å²) in [6.07, 6.45) is 0. The Kier molecular flexibility index (Phi) is 8.88. The fourth-order valence-corrected chi connectivity index (χ4v) is 4.15. The van der Waals surface area contributed by atoms with Crippen LogP contribution in [-0.2, 0) is 16.1 Å². The van der Waals surface area contributed by atoms with E-state index in [2.05, 4.69) is 40.1 Å². The molecule has 8 nitrogen and oxygen atoms in total. The van der Waals surface area contributed by atoms with Crippen LogP contribution in [0.15, 0.2) is 48.5 Å². The van der Waals surface area contributed by atoms with Crippen LogP contribution in [0.1, 0.15) is 25.0 Å². The van der Waals surface area contributed by atoms with Crippen LogP contribution in [0.25, 0.3) is 0 Å². The average Bonchev–Trinajstić information content (AvgIpc) is 2.89. The molecule has 0 radical (unpaired) electrons. The molecule has 0 atom stereocenters. The standard InChI is InChI=1S/C13H19N3O.C13H15N3O/c2*1-11(17)15-6-8-16(9-7-15)13-4-2-12(10-14)3-5-13/h2-5H,6-10,14H2,1H3;2-5H,6-9H2,1H3. The molecule has 0 aromatic heterocycles. The maximum atomic E-state index is 11.2. The van der Waals surface area contributed by atoms with Crippen molar-refractivity contribution >= 4 is 23.2 Å². The highest BCUT2D eigenvalue weighted by atomic mass is 16.2. The lowest BCUT2D eigenvalue weighted by Gasteiger charge is -2.35. The van der Waals surface area contributed by atoms with Gasteiger partial charge in [-0.25, -0.2) is 0 Å². The van der Waals surface area contributed by atoms with Gasteiger partial charge in [-0.15, -0.1) is 0 Å². The van der Waals surface area contributed by atoms with E-state index >= 15 is 0 Å². The topological polar surface area (TPSA) is 96.9 Å². The zero-order valence-corrected chi connectivity index (χ0v) is 20.1. The predicted molar refractivity (Wildman–Crippen MR) is 134 cm³/mol. The van der Waals surface area contributed by atoms with Gasteiger partial charge in [0, 0.05) is 84.1 Å². The van der Waals surface area contributed by atoms with Gasteiger partial charge in [-0.05, 0) is 42.0 Å². The van der Waals surface area contributed by atoms with Crippen molar-refractivity contribution in [2.24, 2.45) is 5.73 Å². The molecule has 0 spiro atoms. The molecule has 180 valence electrons. The van der Waals surface area contributed by atoms with E-state index in [0.717, 1.165) is 63.6 Å². The van der Waals surface area contributed by atoms with Gasteiger partial charge in [0.15, 0.2) is 0 Å². The van der Waals surface area contributed by atoms with E-state index in [4.69, 9.17) is 11.0 Å². The number of benzene rings is 2. The highest BCUT2D eigenvalue weighted by Crippen LogP contribution is 2.18. The summed E-state index contributed by atoms with van der Waals surface area (Å²) in [4.78, 5) is 30.7. The van der Waals surface area contributed by atoms with Crippen LogP contribution < -0.4 is 15.5 Å². The molecule has 2 aliphatic heterocycles. The number of nitriles is 1. The fraction of sp³-hybridized carbons (Fsp3) is 0.423. The first kappa shape index (κ1) is 25.1. The van der Waals surface area contributed by atoms with Gasteiger partial charge in [-0.1, -0.05) is 12.1 Å². The second-order valence-corrected chi connectivity index (χ2v) is 8.52. The molecular weight excluding hydrogens is 428 g/mol. The number of anilines is 2. The number of hydrogen-bond donors (Lipinski definition) is 1. The first-order valence-electron chi connectivity index (χ1n) is 11.7. The SMILES string of the molecule is CC(=O)N1CCN(c2ccc(C#N)cc2)CC1.CC(=O)N1CCN(c2ccc(CN)cc2)CC1. The molecule has 2 aromatic carbocycles. The third-order valence-electron chi connectivity index (χ3n) is 6.35. The van der Waals surface area contributed by atoms with E-state index in [-0.39, 0.29) is 11.8 Å². The minimum absolute atomic E-state index is 0.143. The van der Waals surface area contributed by atoms with Crippen molar-refractivity contribution in [2.75, 3.05) is 62.2 Å². The molecule has 2 heterocycles. The van der Waals surface area contributed by atoms with Crippen molar-refractivity contribution in [3.05, 3.63) is 59.7 Å². The normalized spacial score (nSPS) is 15.8. The Morgan fingerprint density at radius 2 is 1.12 bits per heavy atom. The Morgan fingerprint density at radius 3 is 1.44 bits per heavy atom. The highest BCUT2D eigenvalue weighted by Gasteiger charge is 2.19. The lowest BCUT2D eigenvalue weighted by Crippen LogP contribution is -2.48. The van der Waals surface area contributed by atoms with Crippen molar-refractivity contribution in [2.45, 2.75) is 20.4 Å². The summed E-state index contributed by atoms with van der Waals surface area (Å²) in [5, 5.41) is 8.73. The summed E-state index contributed by atoms with van der Waals surface area (Å²) < 4.78 is 0. The number of rotatable bonds is 3. The second-order valence-electron chi connectivity index (χ2n) is 8.52. The number of hydrogen-bond acceptors (Lipinski definition) is 6. The first-order chi connectivity index (χ1) is 16.4. The summed E-state index contributed by atoms with van der Waals surface area (Å²) >= 11 is 0. The molecule has 4 rings (SSSR count). The monoisotopic (exact) mass is 462 g/mol. The summed E-state index contributed by atoms with van der Waals surface area (Å²) in [5.74, 6) is 0.313. The van der Waals surface area contributed by atoms with Crippen LogP contribution in [0, 0.1) is 11.3 Å². The Bertz CT molecular complexity index is 983. The van der Waals surface area contributed by atoms with Gasteiger partial charge in [-0.2, -0.15) is 5.26 Å². The van der Waals surface area contributed by atoms with E-state index in [1.165, 1.54) is 5.69 Å². The number of nitrogens with zero attached hydrogens (tertiary/aromatic N) is 5. The van der Waals surface area contributed by atoms with Crippen molar-refractivity contribution in [1.29, 1.82) is 5.26 Å². The van der Waals surface area contributed by atoms with Crippen molar-refractivity contribution in [3.8, 4) is 6.07 Å². The Labute approximate surface area is 202 Å². The molecule has 34 heavy (non-hydrogen) atoms. The molecule has 0 aliphatic carbocycles. The molecule has 2 amide bonds. The minimum atomic E-state index is 0.143. The van der Waals surface area contributed by atoms with E-state index in [0.29, 0.717) is 12.1 Å². The van der Waals surface area contributed by atoms with Gasteiger partial charge in [-0.3, -0.25) is 9.59 Å². The van der Waals surface area contributed by atoms with E-state index in [1.807, 2.05) is 34.1 Å². The lowest BCUT2D eigenvalue weighted by molar-refractivity contribution is -0.129. The van der Waals surface area contributed by atoms with Crippen LogP contribution in [0.5, 0.6) is 0 Å². The summed E-state index contributed by atoms with van der Waals surface area (Å²) in [7, 11) is 0. The molecule has 8 heteroatoms. The molecule has 0 unspecified atom stereocenters. The maximum Gasteiger partial charge on any atom is 0.219 e. The quantitative estimate of drug-likeness (QED) is 0.750. The molecule has 0 saturated carbocycles. The van der Waals surface area contributed by atoms with Gasteiger partial charge in [0.2, 0.25) is 11.8 Å². The number of amides is 2. The highest BCUT2D eigenvalue weighted by molar-refractivity contribution is 5.74. The smallest absolute Gasteiger partial charge is 0.219 e. The summed E-state index contributed by atoms with van der Waals surface area (Å²) in [6.45, 7) is 10.5. The van der Waals surface area contributed by atoms with Gasteiger partial charge in [0.25, 0.3) is 0 Å². The number of carbonyl (C=O) groups is 2. The molecule has 2 N–H and O–H groups in total. The van der Waals surface area contributed by atoms with Crippen molar-refractivity contribution in [1.82, 2.24) is 9.80 Å². The third-order valence-corrected chi connectivity index (χ3v) is 6.35. The molecule has 2 aromatic rings. The lowest BCUT2D eigenvalue weighted by atomic mass is 10.2. The Morgan fingerprint density at radius 1 is 0.735 bits per heavy atom. The zero-order valence-electron chi connectivity index (χ0n) is 20.1. The van der Waals surface area contributed by atoms with Gasteiger partial charge < -0.3 is 25.3 Å². The van der Waals surface area contributed by atoms with Crippen molar-refractivity contribution in [3.63, 3.8) is 0 Å². The number of carbonyl (C=O) groups excluding carboxylic acids is 2.